The summed E-state index contributed by atoms with van der Waals surface area (Å²) in [4.78, 5) is 10.5. The van der Waals surface area contributed by atoms with Gasteiger partial charge in [0.1, 0.15) is 6.61 Å². The molecule has 1 atom stereocenters. The van der Waals surface area contributed by atoms with Gasteiger partial charge in [0, 0.05) is 13.0 Å². The van der Waals surface area contributed by atoms with E-state index in [1.54, 1.807) is 7.11 Å². The minimum Gasteiger partial charge on any atom is -0.434 e. The van der Waals surface area contributed by atoms with Gasteiger partial charge in [0.2, 0.25) is 0 Å². The molecule has 0 radical (unpaired) electrons. The molecule has 4 nitrogen and oxygen atoms in total. The third kappa shape index (κ3) is 2.76. The molecule has 0 aliphatic carbocycles. The summed E-state index contributed by atoms with van der Waals surface area (Å²) in [6, 6.07) is 0. The molecule has 1 heterocycles. The summed E-state index contributed by atoms with van der Waals surface area (Å²) < 4.78 is 14.3. The van der Waals surface area contributed by atoms with Crippen molar-refractivity contribution in [1.29, 1.82) is 0 Å². The Kier molecular flexibility index (Phi) is 3.16. The van der Waals surface area contributed by atoms with Crippen LogP contribution in [-0.4, -0.2) is 33.1 Å². The first-order valence-corrected chi connectivity index (χ1v) is 3.61. The molecular formula is C7H12O4. The second-order valence-corrected chi connectivity index (χ2v) is 2.52. The van der Waals surface area contributed by atoms with Crippen molar-refractivity contribution in [3.63, 3.8) is 0 Å². The normalized spacial score (nSPS) is 25.2. The second kappa shape index (κ2) is 4.18. The molecule has 0 saturated carbocycles. The maximum absolute atomic E-state index is 10.5. The Labute approximate surface area is 65.4 Å². The number of carbonyl (C=O) groups excluding carboxylic acids is 1. The first-order valence-electron chi connectivity index (χ1n) is 3.61. The van der Waals surface area contributed by atoms with Crippen molar-refractivity contribution in [1.82, 2.24) is 0 Å². The lowest BCUT2D eigenvalue weighted by Crippen LogP contribution is -2.14. The first kappa shape index (κ1) is 8.33. The largest absolute Gasteiger partial charge is 0.508 e. The van der Waals surface area contributed by atoms with Crippen LogP contribution in [0.4, 0.5) is 4.79 Å². The van der Waals surface area contributed by atoms with E-state index in [1.807, 2.05) is 0 Å². The lowest BCUT2D eigenvalue weighted by Gasteiger charge is -2.08. The van der Waals surface area contributed by atoms with Crippen LogP contribution in [0.5, 0.6) is 0 Å². The Morgan fingerprint density at radius 2 is 2.45 bits per heavy atom. The second-order valence-electron chi connectivity index (χ2n) is 2.52. The van der Waals surface area contributed by atoms with Crippen LogP contribution in [0, 0.1) is 5.92 Å². The van der Waals surface area contributed by atoms with Crippen LogP contribution in [0.3, 0.4) is 0 Å². The van der Waals surface area contributed by atoms with E-state index in [1.165, 1.54) is 0 Å². The van der Waals surface area contributed by atoms with E-state index in [2.05, 4.69) is 4.74 Å². The Balaban J connectivity index is 2.28. The molecular weight excluding hydrogens is 148 g/mol. The molecule has 4 heteroatoms. The average molecular weight is 160 g/mol. The summed E-state index contributed by atoms with van der Waals surface area (Å²) in [6.45, 7) is 1.47. The molecule has 1 unspecified atom stereocenters. The van der Waals surface area contributed by atoms with E-state index in [0.717, 1.165) is 6.42 Å². The Morgan fingerprint density at radius 3 is 3.18 bits per heavy atom. The number of rotatable bonds is 2. The highest BCUT2D eigenvalue weighted by molar-refractivity contribution is 5.59. The van der Waals surface area contributed by atoms with Crippen LogP contribution < -0.4 is 0 Å². The van der Waals surface area contributed by atoms with Gasteiger partial charge in [-0.1, -0.05) is 0 Å². The van der Waals surface area contributed by atoms with Crippen molar-refractivity contribution >= 4 is 6.16 Å². The van der Waals surface area contributed by atoms with Crippen LogP contribution in [0.2, 0.25) is 0 Å². The molecule has 0 aromatic carbocycles. The smallest absolute Gasteiger partial charge is 0.434 e. The van der Waals surface area contributed by atoms with E-state index >= 15 is 0 Å². The van der Waals surface area contributed by atoms with Gasteiger partial charge >= 0.3 is 6.16 Å². The van der Waals surface area contributed by atoms with Gasteiger partial charge in [-0.3, -0.25) is 0 Å². The highest BCUT2D eigenvalue weighted by Crippen LogP contribution is 2.09. The lowest BCUT2D eigenvalue weighted by atomic mass is 10.1. The molecule has 1 rings (SSSR count). The fraction of sp³-hybridized carbons (Fsp3) is 0.857. The van der Waals surface area contributed by atoms with Crippen molar-refractivity contribution in [3.8, 4) is 0 Å². The summed E-state index contributed by atoms with van der Waals surface area (Å²) in [5, 5.41) is 0. The van der Waals surface area contributed by atoms with Gasteiger partial charge in [0.25, 0.3) is 0 Å². The molecule has 1 aliphatic heterocycles. The fourth-order valence-electron chi connectivity index (χ4n) is 0.987. The van der Waals surface area contributed by atoms with E-state index in [9.17, 15) is 4.79 Å². The zero-order valence-electron chi connectivity index (χ0n) is 6.54. The highest BCUT2D eigenvalue weighted by Gasteiger charge is 2.17. The molecule has 1 fully saturated rings. The van der Waals surface area contributed by atoms with Crippen molar-refractivity contribution in [2.75, 3.05) is 26.9 Å². The predicted octanol–water partition coefficient (Wildman–Crippen LogP) is 0.806. The van der Waals surface area contributed by atoms with E-state index in [4.69, 9.17) is 9.47 Å². The summed E-state index contributed by atoms with van der Waals surface area (Å²) in [5.41, 5.74) is 0. The summed E-state index contributed by atoms with van der Waals surface area (Å²) >= 11 is 0. The van der Waals surface area contributed by atoms with Crippen LogP contribution in [0.25, 0.3) is 0 Å². The fourth-order valence-corrected chi connectivity index (χ4v) is 0.987. The third-order valence-electron chi connectivity index (χ3n) is 1.59. The lowest BCUT2D eigenvalue weighted by molar-refractivity contribution is 0.0626. The van der Waals surface area contributed by atoms with Crippen LogP contribution in [0.1, 0.15) is 6.42 Å². The predicted molar refractivity (Wildman–Crippen MR) is 37.3 cm³/mol. The Hall–Kier alpha value is -0.770. The topological polar surface area (TPSA) is 44.8 Å². The maximum atomic E-state index is 10.5. The SMILES string of the molecule is COCC1CCOC(=O)OC1. The number of carbonyl (C=O) groups is 1. The van der Waals surface area contributed by atoms with Crippen LogP contribution >= 0.6 is 0 Å². The van der Waals surface area contributed by atoms with Gasteiger partial charge in [-0.05, 0) is 6.42 Å². The quantitative estimate of drug-likeness (QED) is 0.560. The van der Waals surface area contributed by atoms with Crippen LogP contribution in [0.15, 0.2) is 0 Å². The Bertz CT molecular complexity index is 134. The van der Waals surface area contributed by atoms with Gasteiger partial charge < -0.3 is 14.2 Å². The minimum absolute atomic E-state index is 0.284. The first-order chi connectivity index (χ1) is 5.33. The summed E-state index contributed by atoms with van der Waals surface area (Å²) in [5.74, 6) is 0.284. The molecule has 1 saturated heterocycles. The van der Waals surface area contributed by atoms with E-state index < -0.39 is 6.16 Å². The summed E-state index contributed by atoms with van der Waals surface area (Å²) in [7, 11) is 1.63. The monoisotopic (exact) mass is 160 g/mol. The molecule has 0 spiro atoms. The van der Waals surface area contributed by atoms with E-state index in [-0.39, 0.29) is 5.92 Å². The highest BCUT2D eigenvalue weighted by atomic mass is 16.7. The van der Waals surface area contributed by atoms with Gasteiger partial charge in [-0.15, -0.1) is 0 Å². The Morgan fingerprint density at radius 1 is 1.64 bits per heavy atom. The average Bonchev–Trinajstić information content (AvgIpc) is 2.17. The van der Waals surface area contributed by atoms with Crippen molar-refractivity contribution in [2.45, 2.75) is 6.42 Å². The zero-order valence-corrected chi connectivity index (χ0v) is 6.54. The molecule has 0 aromatic rings. The molecule has 0 N–H and O–H groups in total. The van der Waals surface area contributed by atoms with E-state index in [0.29, 0.717) is 19.8 Å². The molecule has 11 heavy (non-hydrogen) atoms. The minimum atomic E-state index is -0.566. The van der Waals surface area contributed by atoms with Gasteiger partial charge in [-0.2, -0.15) is 0 Å². The summed E-state index contributed by atoms with van der Waals surface area (Å²) in [6.07, 6.45) is 0.253. The van der Waals surface area contributed by atoms with Gasteiger partial charge in [-0.25, -0.2) is 4.79 Å². The molecule has 0 amide bonds. The molecule has 64 valence electrons. The number of methoxy groups -OCH3 is 1. The zero-order chi connectivity index (χ0) is 8.10. The molecule has 1 aliphatic rings. The number of ether oxygens (including phenoxy) is 3. The number of hydrogen-bond acceptors (Lipinski definition) is 4. The molecule has 0 bridgehead atoms. The van der Waals surface area contributed by atoms with Crippen molar-refractivity contribution < 1.29 is 19.0 Å². The number of cyclic esters (lactones) is 2. The van der Waals surface area contributed by atoms with Gasteiger partial charge in [0.05, 0.1) is 13.2 Å². The van der Waals surface area contributed by atoms with Crippen molar-refractivity contribution in [2.24, 2.45) is 5.92 Å². The third-order valence-corrected chi connectivity index (χ3v) is 1.59. The molecule has 0 aromatic heterocycles. The standard InChI is InChI=1S/C7H12O4/c1-9-4-6-2-3-10-7(8)11-5-6/h6H,2-5H2,1H3. The van der Waals surface area contributed by atoms with Crippen LogP contribution in [-0.2, 0) is 14.2 Å². The van der Waals surface area contributed by atoms with Gasteiger partial charge in [0.15, 0.2) is 0 Å². The number of hydrogen-bond donors (Lipinski definition) is 0. The maximum Gasteiger partial charge on any atom is 0.508 e. The van der Waals surface area contributed by atoms with Crippen molar-refractivity contribution in [3.05, 3.63) is 0 Å².